The third-order valence-electron chi connectivity index (χ3n) is 4.14. The predicted octanol–water partition coefficient (Wildman–Crippen LogP) is 5.43. The molecule has 1 N–H and O–H groups in total. The summed E-state index contributed by atoms with van der Waals surface area (Å²) in [6, 6.07) is 19.4. The molecule has 3 aromatic carbocycles. The Bertz CT molecular complexity index is 901. The van der Waals surface area contributed by atoms with E-state index in [-0.39, 0.29) is 17.1 Å². The highest BCUT2D eigenvalue weighted by Gasteiger charge is 2.31. The van der Waals surface area contributed by atoms with Crippen molar-refractivity contribution in [3.05, 3.63) is 101 Å². The van der Waals surface area contributed by atoms with Gasteiger partial charge in [-0.15, -0.1) is 0 Å². The Balaban J connectivity index is 2.08. The number of hydrogen-bond acceptors (Lipinski definition) is 2. The molecule has 0 saturated carbocycles. The second-order valence-electron chi connectivity index (χ2n) is 5.84. The van der Waals surface area contributed by atoms with Crippen LogP contribution in [0.25, 0.3) is 0 Å². The van der Waals surface area contributed by atoms with Crippen LogP contribution in [0.5, 0.6) is 5.75 Å². The van der Waals surface area contributed by atoms with E-state index in [4.69, 9.17) is 0 Å². The molecule has 26 heavy (non-hydrogen) atoms. The summed E-state index contributed by atoms with van der Waals surface area (Å²) in [5.41, 5.74) is 0.419. The van der Waals surface area contributed by atoms with Gasteiger partial charge >= 0.3 is 6.18 Å². The molecule has 0 bridgehead atoms. The summed E-state index contributed by atoms with van der Waals surface area (Å²) in [6.07, 6.45) is -4.44. The monoisotopic (exact) mass is 356 g/mol. The van der Waals surface area contributed by atoms with Gasteiger partial charge < -0.3 is 5.11 Å². The molecule has 5 heteroatoms. The average Bonchev–Trinajstić information content (AvgIpc) is 2.63. The summed E-state index contributed by atoms with van der Waals surface area (Å²) >= 11 is 0. The van der Waals surface area contributed by atoms with Crippen LogP contribution < -0.4 is 0 Å². The molecule has 0 aliphatic heterocycles. The van der Waals surface area contributed by atoms with E-state index in [1.54, 1.807) is 42.5 Å². The second-order valence-corrected chi connectivity index (χ2v) is 5.84. The van der Waals surface area contributed by atoms with Crippen molar-refractivity contribution in [1.82, 2.24) is 0 Å². The number of phenolic OH excluding ortho intramolecular Hbond substituents is 1. The second kappa shape index (κ2) is 7.04. The molecule has 0 spiro atoms. The first-order valence-electron chi connectivity index (χ1n) is 7.92. The lowest BCUT2D eigenvalue weighted by molar-refractivity contribution is -0.137. The van der Waals surface area contributed by atoms with Crippen LogP contribution in [0, 0.1) is 0 Å². The first-order chi connectivity index (χ1) is 12.4. The van der Waals surface area contributed by atoms with Crippen molar-refractivity contribution in [3.8, 4) is 5.75 Å². The molecule has 3 rings (SSSR count). The first kappa shape index (κ1) is 17.7. The zero-order valence-electron chi connectivity index (χ0n) is 13.6. The van der Waals surface area contributed by atoms with Gasteiger partial charge in [-0.25, -0.2) is 0 Å². The Morgan fingerprint density at radius 2 is 1.31 bits per heavy atom. The maximum absolute atomic E-state index is 13.1. The quantitative estimate of drug-likeness (QED) is 0.633. The highest BCUT2D eigenvalue weighted by Crippen LogP contribution is 2.34. The molecule has 132 valence electrons. The fraction of sp³-hybridized carbons (Fsp3) is 0.0952. The van der Waals surface area contributed by atoms with Gasteiger partial charge in [0.15, 0.2) is 5.78 Å². The van der Waals surface area contributed by atoms with E-state index in [9.17, 15) is 23.1 Å². The number of carbonyl (C=O) groups is 1. The lowest BCUT2D eigenvalue weighted by Gasteiger charge is -2.18. The van der Waals surface area contributed by atoms with Crippen molar-refractivity contribution in [1.29, 1.82) is 0 Å². The molecule has 0 aliphatic carbocycles. The number of ketones is 1. The third kappa shape index (κ3) is 3.61. The molecule has 0 aromatic heterocycles. The van der Waals surface area contributed by atoms with Crippen LogP contribution in [0.2, 0.25) is 0 Å². The molecule has 0 fully saturated rings. The SMILES string of the molecule is O=C(c1ccccc1O)C(c1ccccc1)c1ccc(C(F)(F)F)cc1. The lowest BCUT2D eigenvalue weighted by Crippen LogP contribution is -2.15. The van der Waals surface area contributed by atoms with Crippen LogP contribution in [0.1, 0.15) is 33.0 Å². The average molecular weight is 356 g/mol. The van der Waals surface area contributed by atoms with Gasteiger partial charge in [0.25, 0.3) is 0 Å². The number of phenols is 1. The molecule has 0 amide bonds. The smallest absolute Gasteiger partial charge is 0.416 e. The Kier molecular flexibility index (Phi) is 4.80. The van der Waals surface area contributed by atoms with Gasteiger partial charge in [-0.2, -0.15) is 13.2 Å². The minimum absolute atomic E-state index is 0.126. The van der Waals surface area contributed by atoms with E-state index in [1.165, 1.54) is 24.3 Å². The number of benzene rings is 3. The summed E-state index contributed by atoms with van der Waals surface area (Å²) in [7, 11) is 0. The van der Waals surface area contributed by atoms with Gasteiger partial charge in [0, 0.05) is 0 Å². The Morgan fingerprint density at radius 3 is 1.88 bits per heavy atom. The number of hydrogen-bond donors (Lipinski definition) is 1. The van der Waals surface area contributed by atoms with E-state index in [0.29, 0.717) is 11.1 Å². The molecule has 1 unspecified atom stereocenters. The summed E-state index contributed by atoms with van der Waals surface area (Å²) < 4.78 is 38.5. The molecule has 0 radical (unpaired) electrons. The minimum Gasteiger partial charge on any atom is -0.507 e. The van der Waals surface area contributed by atoms with Crippen LogP contribution in [0.3, 0.4) is 0 Å². The van der Waals surface area contributed by atoms with Gasteiger partial charge in [0.1, 0.15) is 5.75 Å². The van der Waals surface area contributed by atoms with Gasteiger partial charge in [-0.3, -0.25) is 4.79 Å². The fourth-order valence-corrected chi connectivity index (χ4v) is 2.84. The van der Waals surface area contributed by atoms with Crippen molar-refractivity contribution < 1.29 is 23.1 Å². The van der Waals surface area contributed by atoms with Crippen LogP contribution in [0.4, 0.5) is 13.2 Å². The minimum atomic E-state index is -4.44. The fourth-order valence-electron chi connectivity index (χ4n) is 2.84. The number of aromatic hydroxyl groups is 1. The van der Waals surface area contributed by atoms with E-state index in [2.05, 4.69) is 0 Å². The number of halogens is 3. The Hall–Kier alpha value is -3.08. The number of para-hydroxylation sites is 1. The zero-order chi connectivity index (χ0) is 18.7. The van der Waals surface area contributed by atoms with Gasteiger partial charge in [0.2, 0.25) is 0 Å². The highest BCUT2D eigenvalue weighted by molar-refractivity contribution is 6.05. The molecule has 1 atom stereocenters. The van der Waals surface area contributed by atoms with Crippen molar-refractivity contribution >= 4 is 5.78 Å². The van der Waals surface area contributed by atoms with E-state index < -0.39 is 17.7 Å². The summed E-state index contributed by atoms with van der Waals surface area (Å²) in [5, 5.41) is 10.0. The van der Waals surface area contributed by atoms with Crippen molar-refractivity contribution in [2.75, 3.05) is 0 Å². The van der Waals surface area contributed by atoms with Crippen molar-refractivity contribution in [3.63, 3.8) is 0 Å². The zero-order valence-corrected chi connectivity index (χ0v) is 13.6. The predicted molar refractivity (Wildman–Crippen MR) is 92.2 cm³/mol. The first-order valence-corrected chi connectivity index (χ1v) is 7.92. The van der Waals surface area contributed by atoms with Gasteiger partial charge in [0.05, 0.1) is 17.0 Å². The maximum Gasteiger partial charge on any atom is 0.416 e. The highest BCUT2D eigenvalue weighted by atomic mass is 19.4. The van der Waals surface area contributed by atoms with Crippen molar-refractivity contribution in [2.24, 2.45) is 0 Å². The topological polar surface area (TPSA) is 37.3 Å². The van der Waals surface area contributed by atoms with Crippen LogP contribution in [-0.2, 0) is 6.18 Å². The summed E-state index contributed by atoms with van der Waals surface area (Å²) in [6.45, 7) is 0. The number of carbonyl (C=O) groups excluding carboxylic acids is 1. The molecule has 2 nitrogen and oxygen atoms in total. The van der Waals surface area contributed by atoms with E-state index in [1.807, 2.05) is 0 Å². The molecule has 0 aliphatic rings. The van der Waals surface area contributed by atoms with Crippen LogP contribution >= 0.6 is 0 Å². The normalized spacial score (nSPS) is 12.6. The van der Waals surface area contributed by atoms with E-state index in [0.717, 1.165) is 12.1 Å². The summed E-state index contributed by atoms with van der Waals surface area (Å²) in [5.74, 6) is -1.36. The summed E-state index contributed by atoms with van der Waals surface area (Å²) in [4.78, 5) is 13.1. The van der Waals surface area contributed by atoms with Crippen LogP contribution in [-0.4, -0.2) is 10.9 Å². The molecule has 3 aromatic rings. The molecule has 0 saturated heterocycles. The Morgan fingerprint density at radius 1 is 0.769 bits per heavy atom. The van der Waals surface area contributed by atoms with Gasteiger partial charge in [-0.1, -0.05) is 54.6 Å². The van der Waals surface area contributed by atoms with Crippen molar-refractivity contribution in [2.45, 2.75) is 12.1 Å². The van der Waals surface area contributed by atoms with Crippen LogP contribution in [0.15, 0.2) is 78.9 Å². The van der Waals surface area contributed by atoms with E-state index >= 15 is 0 Å². The largest absolute Gasteiger partial charge is 0.507 e. The lowest BCUT2D eigenvalue weighted by atomic mass is 9.84. The maximum atomic E-state index is 13.1. The number of Topliss-reactive ketones (excluding diaryl/α,β-unsaturated/α-hetero) is 1. The molecular weight excluding hydrogens is 341 g/mol. The third-order valence-corrected chi connectivity index (χ3v) is 4.14. The molecular formula is C21H15F3O2. The molecule has 0 heterocycles. The standard InChI is InChI=1S/C21H15F3O2/c22-21(23,24)16-12-10-15(11-13-16)19(14-6-2-1-3-7-14)20(26)17-8-4-5-9-18(17)25/h1-13,19,25H. The van der Waals surface area contributed by atoms with Gasteiger partial charge in [-0.05, 0) is 35.4 Å². The Labute approximate surface area is 148 Å². The number of alkyl halides is 3. The number of rotatable bonds is 4.